The van der Waals surface area contributed by atoms with Gasteiger partial charge in [0.05, 0.1) is 57.5 Å². The van der Waals surface area contributed by atoms with Gasteiger partial charge in [0, 0.05) is 18.1 Å². The Labute approximate surface area is 479 Å². The van der Waals surface area contributed by atoms with Crippen LogP contribution in [0.2, 0.25) is 0 Å². The number of esters is 9. The van der Waals surface area contributed by atoms with Crippen molar-refractivity contribution in [3.8, 4) is 35.1 Å². The second-order valence-electron chi connectivity index (χ2n) is 18.5. The molecule has 1 heterocycles. The molecule has 22 nitrogen and oxygen atoms in total. The second kappa shape index (κ2) is 32.1. The van der Waals surface area contributed by atoms with E-state index >= 15 is 0 Å². The Balaban J connectivity index is 0.914. The molecule has 6 rings (SSSR count). The van der Waals surface area contributed by atoms with Gasteiger partial charge in [-0.25, -0.2) is 9.59 Å². The number of aliphatic hydroxyl groups excluding tert-OH is 1. The average molecular weight is 1170 g/mol. The van der Waals surface area contributed by atoms with E-state index in [0.717, 1.165) is 35.7 Å². The van der Waals surface area contributed by atoms with Crippen molar-refractivity contribution >= 4 is 77.2 Å². The van der Waals surface area contributed by atoms with E-state index < -0.39 is 77.8 Å². The first-order chi connectivity index (χ1) is 39.5. The highest BCUT2D eigenvalue weighted by molar-refractivity contribution is 8.24. The van der Waals surface area contributed by atoms with Crippen molar-refractivity contribution in [3.05, 3.63) is 107 Å². The fourth-order valence-corrected chi connectivity index (χ4v) is 10.9. The first-order valence-corrected chi connectivity index (χ1v) is 27.6. The molecule has 2 saturated carbocycles. The third-order valence-electron chi connectivity index (χ3n) is 12.9. The van der Waals surface area contributed by atoms with Gasteiger partial charge in [-0.1, -0.05) is 60.9 Å². The minimum atomic E-state index is -1.19. The van der Waals surface area contributed by atoms with Crippen molar-refractivity contribution in [2.75, 3.05) is 26.4 Å². The molecule has 3 aromatic carbocycles. The maximum absolute atomic E-state index is 13.6. The Hall–Kier alpha value is -8.45. The average Bonchev–Trinajstić information content (AvgIpc) is 4.17. The van der Waals surface area contributed by atoms with Crippen LogP contribution in [0.1, 0.15) is 88.2 Å². The number of rotatable bonds is 27. The molecule has 0 radical (unpaired) electrons. The van der Waals surface area contributed by atoms with Gasteiger partial charge in [-0.05, 0) is 98.9 Å². The molecule has 3 aliphatic rings. The van der Waals surface area contributed by atoms with Crippen molar-refractivity contribution in [1.29, 1.82) is 10.5 Å². The SMILES string of the molecule is C=CC(=O)OCCOC(=O)CCC(=O)OCc1ccc(OC(=O)C2CCC(C(=O)Oc3ccc(OC(=O)C4CCC(C(O)Oc5ccc(COC(=O)CCC(=O)OCCOC(=O)C=C)cc5)CC4)c4c3SC(=C(C#N)C#N)S4)CC2)cc1. The Morgan fingerprint density at radius 1 is 0.512 bits per heavy atom. The Kier molecular flexibility index (Phi) is 24.6. The highest BCUT2D eigenvalue weighted by Crippen LogP contribution is 2.59. The molecule has 24 heteroatoms. The third-order valence-corrected chi connectivity index (χ3v) is 15.5. The molecular formula is C58H58N2O20S2. The van der Waals surface area contributed by atoms with Crippen LogP contribution in [0.15, 0.2) is 106 Å². The van der Waals surface area contributed by atoms with Gasteiger partial charge >= 0.3 is 53.7 Å². The van der Waals surface area contributed by atoms with Crippen molar-refractivity contribution in [2.45, 2.75) is 106 Å². The lowest BCUT2D eigenvalue weighted by Crippen LogP contribution is -2.33. The van der Waals surface area contributed by atoms with Crippen LogP contribution in [-0.2, 0) is 84.8 Å². The van der Waals surface area contributed by atoms with Gasteiger partial charge in [0.1, 0.15) is 80.4 Å². The van der Waals surface area contributed by atoms with Gasteiger partial charge in [-0.3, -0.25) is 33.6 Å². The lowest BCUT2D eigenvalue weighted by atomic mass is 9.81. The summed E-state index contributed by atoms with van der Waals surface area (Å²) < 4.78 is 53.3. The standard InChI is InChI=1S/C58H58N2O20S2/c1-3-46(61)71-27-29-73-48(63)23-25-50(65)75-33-35-5-17-42(18-6-35)77-54(67)37-9-13-39(14-10-37)56(69)79-44-21-22-45(53-52(44)81-58(82-53)41(31-59)32-60)80-57(70)40-15-11-38(12-16-40)55(68)78-43-19-7-36(8-20-43)34-76-51(66)26-24-49(64)74-30-28-72-47(62)4-2/h3-8,17-22,37-40,54,67H,1-2,9-16,23-30,33-34H2. The number of fused-ring (bicyclic) bond motifs is 1. The van der Waals surface area contributed by atoms with E-state index in [4.69, 9.17) is 47.4 Å². The van der Waals surface area contributed by atoms with E-state index in [2.05, 4.69) is 13.2 Å². The minimum Gasteiger partial charge on any atom is -0.465 e. The number of hydrogen-bond acceptors (Lipinski definition) is 24. The van der Waals surface area contributed by atoms with Crippen LogP contribution in [0.3, 0.4) is 0 Å². The summed E-state index contributed by atoms with van der Waals surface area (Å²) in [6.07, 6.45) is 2.90. The highest BCUT2D eigenvalue weighted by Gasteiger charge is 2.37. The lowest BCUT2D eigenvalue weighted by Gasteiger charge is -2.30. The minimum absolute atomic E-state index is 0.0705. The zero-order chi connectivity index (χ0) is 59.0. The normalized spacial score (nSPS) is 17.3. The second-order valence-corrected chi connectivity index (χ2v) is 20.8. The van der Waals surface area contributed by atoms with Crippen LogP contribution >= 0.6 is 23.5 Å². The number of nitrogens with zero attached hydrogens (tertiary/aromatic N) is 2. The molecule has 0 spiro atoms. The number of aliphatic hydroxyl groups is 1. The first kappa shape index (κ1) is 62.7. The van der Waals surface area contributed by atoms with Crippen LogP contribution in [-0.4, -0.2) is 91.5 Å². The maximum Gasteiger partial charge on any atom is 0.330 e. The van der Waals surface area contributed by atoms with E-state index in [1.807, 2.05) is 12.1 Å². The largest absolute Gasteiger partial charge is 0.465 e. The number of carbonyl (C=O) groups excluding carboxylic acids is 9. The molecule has 1 N–H and O–H groups in total. The van der Waals surface area contributed by atoms with Crippen molar-refractivity contribution in [3.63, 3.8) is 0 Å². The molecule has 2 aliphatic carbocycles. The van der Waals surface area contributed by atoms with E-state index in [0.29, 0.717) is 82.3 Å². The van der Waals surface area contributed by atoms with E-state index in [1.54, 1.807) is 48.5 Å². The van der Waals surface area contributed by atoms with Crippen LogP contribution < -0.4 is 18.9 Å². The molecule has 0 aromatic heterocycles. The fraction of sp³-hybridized carbons (Fsp3) is 0.397. The molecule has 82 heavy (non-hydrogen) atoms. The molecule has 1 aliphatic heterocycles. The van der Waals surface area contributed by atoms with Crippen molar-refractivity contribution in [1.82, 2.24) is 0 Å². The van der Waals surface area contributed by atoms with Crippen LogP contribution in [0, 0.1) is 46.3 Å². The van der Waals surface area contributed by atoms with E-state index in [1.165, 1.54) is 12.1 Å². The number of ether oxygens (including phenoxy) is 10. The van der Waals surface area contributed by atoms with Gasteiger partial charge in [0.25, 0.3) is 0 Å². The van der Waals surface area contributed by atoms with Gasteiger partial charge in [-0.2, -0.15) is 10.5 Å². The summed E-state index contributed by atoms with van der Waals surface area (Å²) in [5.41, 5.74) is 1.06. The number of benzene rings is 3. The molecule has 2 fully saturated rings. The smallest absolute Gasteiger partial charge is 0.330 e. The van der Waals surface area contributed by atoms with Crippen LogP contribution in [0.5, 0.6) is 23.0 Å². The predicted octanol–water partition coefficient (Wildman–Crippen LogP) is 7.76. The van der Waals surface area contributed by atoms with Gasteiger partial charge in [-0.15, -0.1) is 0 Å². The number of thioether (sulfide) groups is 2. The van der Waals surface area contributed by atoms with Crippen LogP contribution in [0.25, 0.3) is 0 Å². The third kappa shape index (κ3) is 19.7. The summed E-state index contributed by atoms with van der Waals surface area (Å²) in [6.45, 7) is 5.75. The molecular weight excluding hydrogens is 1110 g/mol. The Bertz CT molecular complexity index is 2950. The Morgan fingerprint density at radius 2 is 0.878 bits per heavy atom. The number of carbonyl (C=O) groups is 9. The fourth-order valence-electron chi connectivity index (χ4n) is 8.38. The molecule has 0 bridgehead atoms. The van der Waals surface area contributed by atoms with Crippen molar-refractivity contribution < 1.29 is 95.6 Å². The molecule has 1 unspecified atom stereocenters. The van der Waals surface area contributed by atoms with Gasteiger partial charge in [0.2, 0.25) is 0 Å². The summed E-state index contributed by atoms with van der Waals surface area (Å²) in [6, 6.07) is 19.6. The molecule has 0 amide bonds. The number of allylic oxidation sites excluding steroid dienone is 1. The quantitative estimate of drug-likeness (QED) is 0.0145. The lowest BCUT2D eigenvalue weighted by molar-refractivity contribution is -0.153. The molecule has 432 valence electrons. The van der Waals surface area contributed by atoms with E-state index in [-0.39, 0.29) is 94.1 Å². The number of nitriles is 2. The highest BCUT2D eigenvalue weighted by atomic mass is 32.2. The van der Waals surface area contributed by atoms with E-state index in [9.17, 15) is 58.8 Å². The van der Waals surface area contributed by atoms with Crippen LogP contribution in [0.4, 0.5) is 0 Å². The zero-order valence-corrected chi connectivity index (χ0v) is 46.0. The predicted molar refractivity (Wildman–Crippen MR) is 286 cm³/mol. The summed E-state index contributed by atoms with van der Waals surface area (Å²) in [7, 11) is 0. The molecule has 0 saturated heterocycles. The first-order valence-electron chi connectivity index (χ1n) is 26.0. The van der Waals surface area contributed by atoms with Gasteiger partial charge < -0.3 is 52.5 Å². The Morgan fingerprint density at radius 3 is 1.28 bits per heavy atom. The van der Waals surface area contributed by atoms with Gasteiger partial charge in [0.15, 0.2) is 6.29 Å². The topological polar surface area (TPSA) is 314 Å². The monoisotopic (exact) mass is 1170 g/mol. The molecule has 3 aromatic rings. The summed E-state index contributed by atoms with van der Waals surface area (Å²) in [5, 5.41) is 30.4. The van der Waals surface area contributed by atoms with Crippen molar-refractivity contribution in [2.24, 2.45) is 23.7 Å². The number of hydrogen-bond donors (Lipinski definition) is 1. The molecule has 1 atom stereocenters. The summed E-state index contributed by atoms with van der Waals surface area (Å²) >= 11 is 2.10. The summed E-state index contributed by atoms with van der Waals surface area (Å²) in [5.74, 6) is -6.33. The maximum atomic E-state index is 13.6. The summed E-state index contributed by atoms with van der Waals surface area (Å²) in [4.78, 5) is 111. The zero-order valence-electron chi connectivity index (χ0n) is 44.4.